The second kappa shape index (κ2) is 3.86. The average molecular weight is 220 g/mol. The number of fused-ring (bicyclic) bond motifs is 1. The van der Waals surface area contributed by atoms with Crippen molar-refractivity contribution in [1.82, 2.24) is 4.98 Å². The number of carbonyl (C=O) groups is 1. The van der Waals surface area contributed by atoms with Crippen molar-refractivity contribution in [3.8, 4) is 5.75 Å². The van der Waals surface area contributed by atoms with E-state index in [4.69, 9.17) is 10.8 Å². The Labute approximate surface area is 91.5 Å². The summed E-state index contributed by atoms with van der Waals surface area (Å²) in [4.78, 5) is 13.6. The SMILES string of the molecule is NC(Cc1c(O)ccc2cc[nH]c12)C(=O)O. The number of aliphatic carboxylic acids is 1. The lowest BCUT2D eigenvalue weighted by Gasteiger charge is -2.09. The second-order valence-corrected chi connectivity index (χ2v) is 3.65. The summed E-state index contributed by atoms with van der Waals surface area (Å²) < 4.78 is 0. The Bertz CT molecular complexity index is 533. The number of phenols is 1. The normalized spacial score (nSPS) is 12.8. The summed E-state index contributed by atoms with van der Waals surface area (Å²) in [6.07, 6.45) is 1.83. The van der Waals surface area contributed by atoms with Crippen molar-refractivity contribution in [3.05, 3.63) is 30.0 Å². The van der Waals surface area contributed by atoms with Gasteiger partial charge in [-0.2, -0.15) is 0 Å². The molecule has 1 aromatic carbocycles. The van der Waals surface area contributed by atoms with Crippen LogP contribution in [0.4, 0.5) is 0 Å². The van der Waals surface area contributed by atoms with E-state index in [2.05, 4.69) is 4.98 Å². The molecule has 0 fully saturated rings. The highest BCUT2D eigenvalue weighted by Gasteiger charge is 2.17. The molecular formula is C11H12N2O3. The number of aromatic amines is 1. The zero-order valence-corrected chi connectivity index (χ0v) is 8.47. The van der Waals surface area contributed by atoms with Crippen LogP contribution in [0, 0.1) is 0 Å². The van der Waals surface area contributed by atoms with Gasteiger partial charge in [-0.1, -0.05) is 0 Å². The molecule has 1 heterocycles. The summed E-state index contributed by atoms with van der Waals surface area (Å²) in [5.41, 5.74) is 6.72. The Kier molecular flexibility index (Phi) is 2.54. The monoisotopic (exact) mass is 220 g/mol. The van der Waals surface area contributed by atoms with Gasteiger partial charge in [0.05, 0.1) is 5.52 Å². The van der Waals surface area contributed by atoms with Gasteiger partial charge >= 0.3 is 5.97 Å². The van der Waals surface area contributed by atoms with Gasteiger partial charge in [-0.15, -0.1) is 0 Å². The lowest BCUT2D eigenvalue weighted by Crippen LogP contribution is -2.32. The smallest absolute Gasteiger partial charge is 0.320 e. The quantitative estimate of drug-likeness (QED) is 0.615. The molecule has 5 nitrogen and oxygen atoms in total. The molecule has 1 unspecified atom stereocenters. The van der Waals surface area contributed by atoms with E-state index >= 15 is 0 Å². The molecule has 0 aliphatic carbocycles. The number of nitrogens with one attached hydrogen (secondary N) is 1. The summed E-state index contributed by atoms with van der Waals surface area (Å²) in [6, 6.07) is 4.14. The third-order valence-corrected chi connectivity index (χ3v) is 2.55. The van der Waals surface area contributed by atoms with Crippen LogP contribution < -0.4 is 5.73 Å². The van der Waals surface area contributed by atoms with E-state index in [0.29, 0.717) is 5.56 Å². The van der Waals surface area contributed by atoms with Crippen LogP contribution >= 0.6 is 0 Å². The Morgan fingerprint density at radius 3 is 2.88 bits per heavy atom. The van der Waals surface area contributed by atoms with Crippen LogP contribution in [0.25, 0.3) is 10.9 Å². The van der Waals surface area contributed by atoms with Crippen LogP contribution in [-0.2, 0) is 11.2 Å². The summed E-state index contributed by atoms with van der Waals surface area (Å²) in [5.74, 6) is -1.02. The van der Waals surface area contributed by atoms with E-state index < -0.39 is 12.0 Å². The van der Waals surface area contributed by atoms with Gasteiger partial charge in [-0.05, 0) is 23.6 Å². The zero-order chi connectivity index (χ0) is 11.7. The van der Waals surface area contributed by atoms with Gasteiger partial charge in [0, 0.05) is 18.2 Å². The van der Waals surface area contributed by atoms with E-state index in [9.17, 15) is 9.90 Å². The maximum Gasteiger partial charge on any atom is 0.320 e. The van der Waals surface area contributed by atoms with Crippen molar-refractivity contribution >= 4 is 16.9 Å². The molecular weight excluding hydrogens is 208 g/mol. The molecule has 0 bridgehead atoms. The number of carboxylic acid groups (broad SMARTS) is 1. The number of rotatable bonds is 3. The van der Waals surface area contributed by atoms with E-state index in [0.717, 1.165) is 10.9 Å². The number of hydrogen-bond acceptors (Lipinski definition) is 3. The Morgan fingerprint density at radius 1 is 1.44 bits per heavy atom. The predicted octanol–water partition coefficient (Wildman–Crippen LogP) is 0.828. The molecule has 0 saturated carbocycles. The van der Waals surface area contributed by atoms with Crippen molar-refractivity contribution in [2.45, 2.75) is 12.5 Å². The second-order valence-electron chi connectivity index (χ2n) is 3.65. The minimum Gasteiger partial charge on any atom is -0.508 e. The first-order chi connectivity index (χ1) is 7.59. The lowest BCUT2D eigenvalue weighted by molar-refractivity contribution is -0.138. The fourth-order valence-electron chi connectivity index (χ4n) is 1.69. The molecule has 1 atom stereocenters. The predicted molar refractivity (Wildman–Crippen MR) is 59.3 cm³/mol. The summed E-state index contributed by atoms with van der Waals surface area (Å²) in [6.45, 7) is 0. The average Bonchev–Trinajstić information content (AvgIpc) is 2.70. The van der Waals surface area contributed by atoms with Gasteiger partial charge in [-0.3, -0.25) is 4.79 Å². The first-order valence-electron chi connectivity index (χ1n) is 4.86. The number of phenolic OH excluding ortho intramolecular Hbond substituents is 1. The summed E-state index contributed by atoms with van der Waals surface area (Å²) in [5, 5.41) is 19.4. The molecule has 0 aliphatic heterocycles. The molecule has 0 aliphatic rings. The van der Waals surface area contributed by atoms with Gasteiger partial charge in [-0.25, -0.2) is 0 Å². The fraction of sp³-hybridized carbons (Fsp3) is 0.182. The van der Waals surface area contributed by atoms with Crippen molar-refractivity contribution < 1.29 is 15.0 Å². The van der Waals surface area contributed by atoms with Gasteiger partial charge in [0.1, 0.15) is 11.8 Å². The van der Waals surface area contributed by atoms with E-state index in [1.54, 1.807) is 18.3 Å². The van der Waals surface area contributed by atoms with Crippen molar-refractivity contribution in [2.24, 2.45) is 5.73 Å². The van der Waals surface area contributed by atoms with Crippen molar-refractivity contribution in [3.63, 3.8) is 0 Å². The standard InChI is InChI=1S/C11H12N2O3/c12-8(11(15)16)5-7-9(14)2-1-6-3-4-13-10(6)7/h1-4,8,13-14H,5,12H2,(H,15,16). The van der Waals surface area contributed by atoms with Crippen LogP contribution in [0.2, 0.25) is 0 Å². The van der Waals surface area contributed by atoms with Crippen LogP contribution in [0.5, 0.6) is 5.75 Å². The molecule has 5 N–H and O–H groups in total. The summed E-state index contributed by atoms with van der Waals surface area (Å²) in [7, 11) is 0. The number of benzene rings is 1. The first-order valence-corrected chi connectivity index (χ1v) is 4.86. The molecule has 0 radical (unpaired) electrons. The third-order valence-electron chi connectivity index (χ3n) is 2.55. The largest absolute Gasteiger partial charge is 0.508 e. The number of nitrogens with two attached hydrogens (primary N) is 1. The zero-order valence-electron chi connectivity index (χ0n) is 8.47. The summed E-state index contributed by atoms with van der Waals surface area (Å²) >= 11 is 0. The molecule has 0 spiro atoms. The lowest BCUT2D eigenvalue weighted by atomic mass is 10.0. The van der Waals surface area contributed by atoms with Gasteiger partial charge in [0.15, 0.2) is 0 Å². The van der Waals surface area contributed by atoms with E-state index in [1.165, 1.54) is 0 Å². The number of carboxylic acids is 1. The first kappa shape index (κ1) is 10.5. The van der Waals surface area contributed by atoms with E-state index in [-0.39, 0.29) is 12.2 Å². The van der Waals surface area contributed by atoms with Crippen LogP contribution in [-0.4, -0.2) is 27.2 Å². The molecule has 0 saturated heterocycles. The topological polar surface area (TPSA) is 99.3 Å². The van der Waals surface area contributed by atoms with Crippen LogP contribution in [0.1, 0.15) is 5.56 Å². The molecule has 2 aromatic rings. The maximum absolute atomic E-state index is 10.7. The highest BCUT2D eigenvalue weighted by molar-refractivity contribution is 5.85. The Hall–Kier alpha value is -2.01. The van der Waals surface area contributed by atoms with Crippen LogP contribution in [0.15, 0.2) is 24.4 Å². The Balaban J connectivity index is 2.45. The van der Waals surface area contributed by atoms with Gasteiger partial charge in [0.25, 0.3) is 0 Å². The molecule has 16 heavy (non-hydrogen) atoms. The molecule has 1 aromatic heterocycles. The minimum atomic E-state index is -1.08. The maximum atomic E-state index is 10.7. The van der Waals surface area contributed by atoms with Crippen molar-refractivity contribution in [1.29, 1.82) is 0 Å². The van der Waals surface area contributed by atoms with Crippen LogP contribution in [0.3, 0.4) is 0 Å². The van der Waals surface area contributed by atoms with Crippen molar-refractivity contribution in [2.75, 3.05) is 0 Å². The molecule has 0 amide bonds. The molecule has 84 valence electrons. The molecule has 5 heteroatoms. The number of hydrogen-bond donors (Lipinski definition) is 4. The Morgan fingerprint density at radius 2 is 2.19 bits per heavy atom. The van der Waals surface area contributed by atoms with E-state index in [1.807, 2.05) is 6.07 Å². The highest BCUT2D eigenvalue weighted by Crippen LogP contribution is 2.26. The third kappa shape index (κ3) is 1.72. The van der Waals surface area contributed by atoms with Gasteiger partial charge in [0.2, 0.25) is 0 Å². The fourth-order valence-corrected chi connectivity index (χ4v) is 1.69. The number of aromatic nitrogens is 1. The number of aromatic hydroxyl groups is 1. The van der Waals surface area contributed by atoms with Gasteiger partial charge < -0.3 is 20.9 Å². The number of H-pyrrole nitrogens is 1. The molecule has 2 rings (SSSR count). The minimum absolute atomic E-state index is 0.0617. The highest BCUT2D eigenvalue weighted by atomic mass is 16.4.